The smallest absolute Gasteiger partial charge is 0.319 e. The maximum absolute atomic E-state index is 13.0. The lowest BCUT2D eigenvalue weighted by molar-refractivity contribution is 0.251. The molecule has 120 valence electrons. The molecule has 1 fully saturated rings. The van der Waals surface area contributed by atoms with Crippen LogP contribution in [0.5, 0.6) is 0 Å². The van der Waals surface area contributed by atoms with E-state index in [9.17, 15) is 9.18 Å². The molecule has 2 aromatic rings. The minimum Gasteiger partial charge on any atom is -0.337 e. The first-order valence-electron chi connectivity index (χ1n) is 7.24. The third-order valence-corrected chi connectivity index (χ3v) is 4.45. The second-order valence-corrected chi connectivity index (χ2v) is 6.63. The van der Waals surface area contributed by atoms with Crippen molar-refractivity contribution in [2.24, 2.45) is 0 Å². The van der Waals surface area contributed by atoms with Gasteiger partial charge < -0.3 is 10.6 Å². The number of benzene rings is 2. The molecule has 1 saturated carbocycles. The Bertz CT molecular complexity index is 710. The highest BCUT2D eigenvalue weighted by atomic mass is 35.5. The molecular weight excluding hydrogens is 338 g/mol. The van der Waals surface area contributed by atoms with Gasteiger partial charge in [-0.25, -0.2) is 9.18 Å². The lowest BCUT2D eigenvalue weighted by atomic mass is 9.96. The molecule has 2 N–H and O–H groups in total. The normalized spacial score (nSPS) is 15.1. The van der Waals surface area contributed by atoms with E-state index in [4.69, 9.17) is 23.2 Å². The Morgan fingerprint density at radius 1 is 1.09 bits per heavy atom. The second-order valence-electron chi connectivity index (χ2n) is 5.75. The first-order chi connectivity index (χ1) is 11.0. The maximum atomic E-state index is 13.0. The van der Waals surface area contributed by atoms with Gasteiger partial charge in [-0.1, -0.05) is 35.3 Å². The van der Waals surface area contributed by atoms with Gasteiger partial charge in [0.1, 0.15) is 5.82 Å². The summed E-state index contributed by atoms with van der Waals surface area (Å²) in [5.74, 6) is -0.256. The zero-order valence-electron chi connectivity index (χ0n) is 12.2. The molecule has 6 heteroatoms. The molecule has 23 heavy (non-hydrogen) atoms. The Kier molecular flexibility index (Phi) is 4.46. The molecular formula is C17H15Cl2FN2O. The fraction of sp³-hybridized carbons (Fsp3) is 0.235. The molecule has 0 aromatic heterocycles. The largest absolute Gasteiger partial charge is 0.337 e. The van der Waals surface area contributed by atoms with Crippen molar-refractivity contribution in [3.8, 4) is 0 Å². The van der Waals surface area contributed by atoms with Crippen molar-refractivity contribution < 1.29 is 9.18 Å². The van der Waals surface area contributed by atoms with Gasteiger partial charge in [0, 0.05) is 27.7 Å². The summed E-state index contributed by atoms with van der Waals surface area (Å²) in [6, 6.07) is 11.0. The van der Waals surface area contributed by atoms with Crippen molar-refractivity contribution >= 4 is 34.9 Å². The van der Waals surface area contributed by atoms with Crippen LogP contribution in [0, 0.1) is 5.82 Å². The molecule has 1 aliphatic rings. The first kappa shape index (κ1) is 16.1. The Morgan fingerprint density at radius 2 is 1.70 bits per heavy atom. The number of anilines is 1. The van der Waals surface area contributed by atoms with E-state index in [1.54, 1.807) is 30.3 Å². The van der Waals surface area contributed by atoms with Crippen LogP contribution in [0.25, 0.3) is 0 Å². The van der Waals surface area contributed by atoms with Crippen molar-refractivity contribution in [1.82, 2.24) is 5.32 Å². The van der Waals surface area contributed by atoms with Crippen LogP contribution >= 0.6 is 23.2 Å². The minimum atomic E-state index is -0.322. The van der Waals surface area contributed by atoms with E-state index in [0.29, 0.717) is 22.3 Å². The summed E-state index contributed by atoms with van der Waals surface area (Å²) in [5, 5.41) is 6.47. The highest BCUT2D eigenvalue weighted by Crippen LogP contribution is 2.47. The molecule has 0 bridgehead atoms. The molecule has 0 heterocycles. The predicted octanol–water partition coefficient (Wildman–Crippen LogP) is 4.99. The van der Waals surface area contributed by atoms with Gasteiger partial charge in [-0.15, -0.1) is 0 Å². The predicted molar refractivity (Wildman–Crippen MR) is 90.8 cm³/mol. The van der Waals surface area contributed by atoms with Gasteiger partial charge in [0.2, 0.25) is 0 Å². The van der Waals surface area contributed by atoms with Crippen LogP contribution in [0.1, 0.15) is 18.4 Å². The molecule has 0 aliphatic heterocycles. The number of amides is 2. The van der Waals surface area contributed by atoms with Crippen LogP contribution in [0.3, 0.4) is 0 Å². The quantitative estimate of drug-likeness (QED) is 0.799. The van der Waals surface area contributed by atoms with E-state index in [1.807, 2.05) is 0 Å². The number of carbonyl (C=O) groups is 1. The number of hydrogen-bond acceptors (Lipinski definition) is 1. The van der Waals surface area contributed by atoms with E-state index in [2.05, 4.69) is 10.6 Å². The number of hydrogen-bond donors (Lipinski definition) is 2. The summed E-state index contributed by atoms with van der Waals surface area (Å²) in [4.78, 5) is 12.0. The summed E-state index contributed by atoms with van der Waals surface area (Å²) < 4.78 is 13.0. The number of nitrogens with one attached hydrogen (secondary N) is 2. The number of urea groups is 1. The van der Waals surface area contributed by atoms with E-state index in [1.165, 1.54) is 12.1 Å². The summed E-state index contributed by atoms with van der Waals surface area (Å²) >= 11 is 11.8. The average Bonchev–Trinajstić information content (AvgIpc) is 3.26. The standard InChI is InChI=1S/C17H15Cl2FN2O/c18-12-7-13(19)9-15(8-12)22-16(23)21-10-17(5-6-17)11-1-3-14(20)4-2-11/h1-4,7-9H,5-6,10H2,(H2,21,22,23). The van der Waals surface area contributed by atoms with E-state index >= 15 is 0 Å². The number of carbonyl (C=O) groups excluding carboxylic acids is 1. The molecule has 3 nitrogen and oxygen atoms in total. The molecule has 0 unspecified atom stereocenters. The van der Waals surface area contributed by atoms with Crippen LogP contribution in [0.2, 0.25) is 10.0 Å². The van der Waals surface area contributed by atoms with Gasteiger partial charge in [0.05, 0.1) is 0 Å². The molecule has 1 aliphatic carbocycles. The molecule has 0 spiro atoms. The monoisotopic (exact) mass is 352 g/mol. The Balaban J connectivity index is 1.59. The van der Waals surface area contributed by atoms with E-state index in [-0.39, 0.29) is 17.3 Å². The van der Waals surface area contributed by atoms with Crippen molar-refractivity contribution in [1.29, 1.82) is 0 Å². The van der Waals surface area contributed by atoms with Gasteiger partial charge >= 0.3 is 6.03 Å². The van der Waals surface area contributed by atoms with Gasteiger partial charge in [-0.2, -0.15) is 0 Å². The zero-order valence-corrected chi connectivity index (χ0v) is 13.7. The van der Waals surface area contributed by atoms with Crippen molar-refractivity contribution in [2.75, 3.05) is 11.9 Å². The number of rotatable bonds is 4. The van der Waals surface area contributed by atoms with Crippen LogP contribution in [0.15, 0.2) is 42.5 Å². The lowest BCUT2D eigenvalue weighted by Crippen LogP contribution is -2.35. The third-order valence-electron chi connectivity index (χ3n) is 4.02. The SMILES string of the molecule is O=C(NCC1(c2ccc(F)cc2)CC1)Nc1cc(Cl)cc(Cl)c1. The highest BCUT2D eigenvalue weighted by Gasteiger charge is 2.44. The second kappa shape index (κ2) is 6.38. The summed E-state index contributed by atoms with van der Waals surface area (Å²) in [5.41, 5.74) is 1.49. The molecule has 0 saturated heterocycles. The van der Waals surface area contributed by atoms with Crippen LogP contribution in [-0.4, -0.2) is 12.6 Å². The zero-order chi connectivity index (χ0) is 16.4. The molecule has 3 rings (SSSR count). The fourth-order valence-electron chi connectivity index (χ4n) is 2.57. The fourth-order valence-corrected chi connectivity index (χ4v) is 3.10. The average molecular weight is 353 g/mol. The molecule has 2 amide bonds. The Morgan fingerprint density at radius 3 is 2.26 bits per heavy atom. The van der Waals surface area contributed by atoms with Crippen molar-refractivity contribution in [3.63, 3.8) is 0 Å². The third kappa shape index (κ3) is 3.95. The van der Waals surface area contributed by atoms with E-state index in [0.717, 1.165) is 18.4 Å². The van der Waals surface area contributed by atoms with Gasteiger partial charge in [-0.3, -0.25) is 0 Å². The van der Waals surface area contributed by atoms with Gasteiger partial charge in [-0.05, 0) is 48.7 Å². The number of halogens is 3. The topological polar surface area (TPSA) is 41.1 Å². The van der Waals surface area contributed by atoms with Crippen LogP contribution in [-0.2, 0) is 5.41 Å². The maximum Gasteiger partial charge on any atom is 0.319 e. The minimum absolute atomic E-state index is 0.0863. The van der Waals surface area contributed by atoms with Crippen LogP contribution < -0.4 is 10.6 Å². The summed E-state index contributed by atoms with van der Waals surface area (Å²) in [7, 11) is 0. The summed E-state index contributed by atoms with van der Waals surface area (Å²) in [6.07, 6.45) is 1.95. The summed E-state index contributed by atoms with van der Waals surface area (Å²) in [6.45, 7) is 0.499. The lowest BCUT2D eigenvalue weighted by Gasteiger charge is -2.17. The molecule has 0 atom stereocenters. The van der Waals surface area contributed by atoms with Gasteiger partial charge in [0.15, 0.2) is 0 Å². The highest BCUT2D eigenvalue weighted by molar-refractivity contribution is 6.35. The first-order valence-corrected chi connectivity index (χ1v) is 7.99. The Hall–Kier alpha value is -1.78. The Labute approximate surface area is 143 Å². The molecule has 0 radical (unpaired) electrons. The molecule has 2 aromatic carbocycles. The van der Waals surface area contributed by atoms with Crippen molar-refractivity contribution in [2.45, 2.75) is 18.3 Å². The van der Waals surface area contributed by atoms with Crippen LogP contribution in [0.4, 0.5) is 14.9 Å². The van der Waals surface area contributed by atoms with E-state index < -0.39 is 0 Å². The van der Waals surface area contributed by atoms with Crippen molar-refractivity contribution in [3.05, 3.63) is 63.9 Å². The van der Waals surface area contributed by atoms with Gasteiger partial charge in [0.25, 0.3) is 0 Å².